The summed E-state index contributed by atoms with van der Waals surface area (Å²) in [6.45, 7) is 1.35. The maximum absolute atomic E-state index is 13.8. The molecule has 0 aliphatic heterocycles. The number of para-hydroxylation sites is 1. The molecule has 2 aromatic rings. The van der Waals surface area contributed by atoms with E-state index in [4.69, 9.17) is 16.3 Å². The van der Waals surface area contributed by atoms with Gasteiger partial charge in [-0.15, -0.1) is 0 Å². The van der Waals surface area contributed by atoms with E-state index in [1.807, 2.05) is 0 Å². The Balaban J connectivity index is 2.22. The SMILES string of the molecule is CC(=O)Nc1ccc(Oc2ccccc2Cl)c(F)c1. The molecule has 0 saturated carbocycles. The maximum atomic E-state index is 13.8. The molecule has 0 spiro atoms. The van der Waals surface area contributed by atoms with Crippen LogP contribution in [0.25, 0.3) is 0 Å². The second-order valence-corrected chi connectivity index (χ2v) is 4.27. The third kappa shape index (κ3) is 3.45. The molecule has 0 bridgehead atoms. The number of halogens is 2. The van der Waals surface area contributed by atoms with Gasteiger partial charge in [0, 0.05) is 18.7 Å². The molecule has 98 valence electrons. The van der Waals surface area contributed by atoms with Crippen molar-refractivity contribution in [1.82, 2.24) is 0 Å². The van der Waals surface area contributed by atoms with Crippen LogP contribution in [-0.2, 0) is 4.79 Å². The molecule has 0 radical (unpaired) electrons. The van der Waals surface area contributed by atoms with Crippen molar-refractivity contribution in [3.05, 3.63) is 53.3 Å². The van der Waals surface area contributed by atoms with Crippen LogP contribution < -0.4 is 10.1 Å². The summed E-state index contributed by atoms with van der Waals surface area (Å²) in [7, 11) is 0. The Bertz CT molecular complexity index is 616. The predicted octanol–water partition coefficient (Wildman–Crippen LogP) is 4.23. The molecule has 5 heteroatoms. The lowest BCUT2D eigenvalue weighted by atomic mass is 10.3. The summed E-state index contributed by atoms with van der Waals surface area (Å²) >= 11 is 5.92. The first kappa shape index (κ1) is 13.4. The summed E-state index contributed by atoms with van der Waals surface area (Å²) in [5.41, 5.74) is 0.372. The van der Waals surface area contributed by atoms with Crippen LogP contribution in [0.5, 0.6) is 11.5 Å². The maximum Gasteiger partial charge on any atom is 0.221 e. The molecule has 0 fully saturated rings. The van der Waals surface area contributed by atoms with Gasteiger partial charge in [-0.3, -0.25) is 4.79 Å². The van der Waals surface area contributed by atoms with Crippen molar-refractivity contribution in [2.24, 2.45) is 0 Å². The Morgan fingerprint density at radius 3 is 2.58 bits per heavy atom. The Morgan fingerprint density at radius 2 is 1.95 bits per heavy atom. The first-order valence-corrected chi connectivity index (χ1v) is 5.93. The van der Waals surface area contributed by atoms with Crippen LogP contribution >= 0.6 is 11.6 Å². The van der Waals surface area contributed by atoms with Gasteiger partial charge in [0.1, 0.15) is 5.75 Å². The predicted molar refractivity (Wildman–Crippen MR) is 72.2 cm³/mol. The molecular formula is C14H11ClFNO2. The molecule has 3 nitrogen and oxygen atoms in total. The van der Waals surface area contributed by atoms with Gasteiger partial charge in [0.25, 0.3) is 0 Å². The Kier molecular flexibility index (Phi) is 4.02. The van der Waals surface area contributed by atoms with Crippen molar-refractivity contribution in [3.8, 4) is 11.5 Å². The monoisotopic (exact) mass is 279 g/mol. The number of hydrogen-bond acceptors (Lipinski definition) is 2. The van der Waals surface area contributed by atoms with Crippen molar-refractivity contribution in [3.63, 3.8) is 0 Å². The van der Waals surface area contributed by atoms with Crippen LogP contribution in [0.2, 0.25) is 5.02 Å². The first-order valence-electron chi connectivity index (χ1n) is 5.56. The number of rotatable bonds is 3. The van der Waals surface area contributed by atoms with Crippen LogP contribution in [0.15, 0.2) is 42.5 Å². The fourth-order valence-corrected chi connectivity index (χ4v) is 1.68. The van der Waals surface area contributed by atoms with E-state index < -0.39 is 5.82 Å². The molecule has 19 heavy (non-hydrogen) atoms. The number of carbonyl (C=O) groups is 1. The molecule has 1 N–H and O–H groups in total. The number of anilines is 1. The molecule has 0 aromatic heterocycles. The normalized spacial score (nSPS) is 10.1. The number of hydrogen-bond donors (Lipinski definition) is 1. The second kappa shape index (κ2) is 5.71. The van der Waals surface area contributed by atoms with Crippen molar-refractivity contribution >= 4 is 23.2 Å². The van der Waals surface area contributed by atoms with Crippen LogP contribution in [0.1, 0.15) is 6.92 Å². The highest BCUT2D eigenvalue weighted by atomic mass is 35.5. The van der Waals surface area contributed by atoms with E-state index in [1.165, 1.54) is 19.1 Å². The van der Waals surface area contributed by atoms with E-state index in [0.717, 1.165) is 0 Å². The molecule has 0 aliphatic rings. The van der Waals surface area contributed by atoms with Gasteiger partial charge in [-0.05, 0) is 24.3 Å². The summed E-state index contributed by atoms with van der Waals surface area (Å²) in [6.07, 6.45) is 0. The van der Waals surface area contributed by atoms with E-state index >= 15 is 0 Å². The highest BCUT2D eigenvalue weighted by Crippen LogP contribution is 2.31. The molecule has 0 heterocycles. The molecule has 1 amide bonds. The topological polar surface area (TPSA) is 38.3 Å². The van der Waals surface area contributed by atoms with E-state index in [9.17, 15) is 9.18 Å². The lowest BCUT2D eigenvalue weighted by molar-refractivity contribution is -0.114. The van der Waals surface area contributed by atoms with Gasteiger partial charge in [-0.25, -0.2) is 4.39 Å². The number of amides is 1. The van der Waals surface area contributed by atoms with Crippen LogP contribution in [0, 0.1) is 5.82 Å². The fourth-order valence-electron chi connectivity index (χ4n) is 1.51. The Labute approximate surface area is 115 Å². The van der Waals surface area contributed by atoms with Crippen molar-refractivity contribution in [2.45, 2.75) is 6.92 Å². The zero-order valence-corrected chi connectivity index (χ0v) is 10.9. The number of carbonyl (C=O) groups excluding carboxylic acids is 1. The number of ether oxygens (including phenoxy) is 1. The Hall–Kier alpha value is -2.07. The summed E-state index contributed by atoms with van der Waals surface area (Å²) in [4.78, 5) is 10.9. The van der Waals surface area contributed by atoms with Gasteiger partial charge in [0.15, 0.2) is 11.6 Å². The molecular weight excluding hydrogens is 269 g/mol. The molecule has 0 unspecified atom stereocenters. The molecule has 2 aromatic carbocycles. The minimum Gasteiger partial charge on any atom is -0.453 e. The quantitative estimate of drug-likeness (QED) is 0.913. The van der Waals surface area contributed by atoms with E-state index in [1.54, 1.807) is 30.3 Å². The van der Waals surface area contributed by atoms with Crippen LogP contribution in [-0.4, -0.2) is 5.91 Å². The van der Waals surface area contributed by atoms with Gasteiger partial charge >= 0.3 is 0 Å². The smallest absolute Gasteiger partial charge is 0.221 e. The van der Waals surface area contributed by atoms with Gasteiger partial charge in [0.2, 0.25) is 5.91 Å². The van der Waals surface area contributed by atoms with Gasteiger partial charge < -0.3 is 10.1 Å². The van der Waals surface area contributed by atoms with Gasteiger partial charge in [0.05, 0.1) is 5.02 Å². The number of benzene rings is 2. The van der Waals surface area contributed by atoms with Gasteiger partial charge in [-0.1, -0.05) is 23.7 Å². The van der Waals surface area contributed by atoms with E-state index in [-0.39, 0.29) is 11.7 Å². The van der Waals surface area contributed by atoms with Crippen molar-refractivity contribution in [2.75, 3.05) is 5.32 Å². The first-order chi connectivity index (χ1) is 9.06. The molecule has 0 atom stereocenters. The Morgan fingerprint density at radius 1 is 1.21 bits per heavy atom. The summed E-state index contributed by atoms with van der Waals surface area (Å²) in [5, 5.41) is 2.88. The van der Waals surface area contributed by atoms with Crippen LogP contribution in [0.3, 0.4) is 0 Å². The van der Waals surface area contributed by atoms with Crippen LogP contribution in [0.4, 0.5) is 10.1 Å². The zero-order valence-electron chi connectivity index (χ0n) is 10.1. The molecule has 2 rings (SSSR count). The molecule has 0 saturated heterocycles. The third-order valence-corrected chi connectivity index (χ3v) is 2.62. The average Bonchev–Trinajstić information content (AvgIpc) is 2.34. The average molecular weight is 280 g/mol. The largest absolute Gasteiger partial charge is 0.453 e. The van der Waals surface area contributed by atoms with E-state index in [0.29, 0.717) is 16.5 Å². The van der Waals surface area contributed by atoms with Crippen molar-refractivity contribution < 1.29 is 13.9 Å². The summed E-state index contributed by atoms with van der Waals surface area (Å²) < 4.78 is 19.2. The third-order valence-electron chi connectivity index (χ3n) is 2.31. The van der Waals surface area contributed by atoms with Gasteiger partial charge in [-0.2, -0.15) is 0 Å². The lowest BCUT2D eigenvalue weighted by Crippen LogP contribution is -2.05. The standard InChI is InChI=1S/C14H11ClFNO2/c1-9(18)17-10-6-7-14(12(16)8-10)19-13-5-3-2-4-11(13)15/h2-8H,1H3,(H,17,18). The molecule has 0 aliphatic carbocycles. The summed E-state index contributed by atoms with van der Waals surface area (Å²) in [6, 6.07) is 11.0. The highest BCUT2D eigenvalue weighted by Gasteiger charge is 2.08. The summed E-state index contributed by atoms with van der Waals surface area (Å²) in [5.74, 6) is -0.428. The zero-order chi connectivity index (χ0) is 13.8. The van der Waals surface area contributed by atoms with Crippen molar-refractivity contribution in [1.29, 1.82) is 0 Å². The minimum absolute atomic E-state index is 0.0437. The minimum atomic E-state index is -0.578. The second-order valence-electron chi connectivity index (χ2n) is 3.86. The van der Waals surface area contributed by atoms with E-state index in [2.05, 4.69) is 5.32 Å². The lowest BCUT2D eigenvalue weighted by Gasteiger charge is -2.09. The highest BCUT2D eigenvalue weighted by molar-refractivity contribution is 6.32. The number of nitrogens with one attached hydrogen (secondary N) is 1. The fraction of sp³-hybridized carbons (Fsp3) is 0.0714.